The van der Waals surface area contributed by atoms with Crippen molar-refractivity contribution in [1.82, 2.24) is 9.97 Å². The molecule has 0 radical (unpaired) electrons. The van der Waals surface area contributed by atoms with Crippen LogP contribution in [0, 0.1) is 0 Å². The Balaban J connectivity index is 1.89. The summed E-state index contributed by atoms with van der Waals surface area (Å²) in [6.45, 7) is 0. The van der Waals surface area contributed by atoms with Crippen LogP contribution in [0.3, 0.4) is 0 Å². The first-order valence-electron chi connectivity index (χ1n) is 8.30. The molecule has 0 fully saturated rings. The fourth-order valence-corrected chi connectivity index (χ4v) is 4.69. The molecule has 3 aromatic carbocycles. The second-order valence-corrected chi connectivity index (χ2v) is 8.02. The van der Waals surface area contributed by atoms with E-state index in [1.165, 1.54) is 10.1 Å². The van der Waals surface area contributed by atoms with Crippen LogP contribution in [0.5, 0.6) is 0 Å². The van der Waals surface area contributed by atoms with Crippen molar-refractivity contribution in [3.63, 3.8) is 0 Å². The molecule has 2 aromatic heterocycles. The molecule has 4 heteroatoms. The van der Waals surface area contributed by atoms with Gasteiger partial charge in [0.05, 0.1) is 15.9 Å². The average Bonchev–Trinajstić information content (AvgIpc) is 3.06. The molecule has 124 valence electrons. The largest absolute Gasteiger partial charge is 0.226 e. The highest BCUT2D eigenvalue weighted by Crippen LogP contribution is 2.39. The van der Waals surface area contributed by atoms with E-state index in [1.807, 2.05) is 18.2 Å². The Kier molecular flexibility index (Phi) is 3.80. The molecule has 5 aromatic rings. The third-order valence-electron chi connectivity index (χ3n) is 4.35. The van der Waals surface area contributed by atoms with Crippen LogP contribution < -0.4 is 0 Å². The second-order valence-electron chi connectivity index (χ2n) is 6.05. The van der Waals surface area contributed by atoms with Crippen molar-refractivity contribution >= 4 is 47.6 Å². The summed E-state index contributed by atoms with van der Waals surface area (Å²) in [5.41, 5.74) is 4.14. The van der Waals surface area contributed by atoms with Gasteiger partial charge in [0.15, 0.2) is 5.82 Å². The third kappa shape index (κ3) is 2.62. The first-order chi connectivity index (χ1) is 12.8. The van der Waals surface area contributed by atoms with E-state index in [0.29, 0.717) is 0 Å². The zero-order valence-electron chi connectivity index (χ0n) is 13.7. The summed E-state index contributed by atoms with van der Waals surface area (Å²) in [4.78, 5) is 9.90. The Labute approximate surface area is 163 Å². The molecule has 0 amide bonds. The van der Waals surface area contributed by atoms with Gasteiger partial charge in [-0.15, -0.1) is 11.3 Å². The van der Waals surface area contributed by atoms with Crippen molar-refractivity contribution < 1.29 is 0 Å². The van der Waals surface area contributed by atoms with Crippen molar-refractivity contribution in [3.05, 3.63) is 83.3 Å². The highest BCUT2D eigenvalue weighted by Gasteiger charge is 2.16. The van der Waals surface area contributed by atoms with Gasteiger partial charge in [-0.3, -0.25) is 0 Å². The summed E-state index contributed by atoms with van der Waals surface area (Å²) in [5, 5.41) is 1.18. The zero-order valence-corrected chi connectivity index (χ0v) is 16.1. The smallest absolute Gasteiger partial charge is 0.160 e. The van der Waals surface area contributed by atoms with Crippen molar-refractivity contribution in [2.24, 2.45) is 0 Å². The molecule has 0 spiro atoms. The fourth-order valence-electron chi connectivity index (χ4n) is 3.14. The lowest BCUT2D eigenvalue weighted by atomic mass is 10.1. The monoisotopic (exact) mass is 416 g/mol. The Bertz CT molecular complexity index is 1250. The highest BCUT2D eigenvalue weighted by atomic mass is 79.9. The minimum absolute atomic E-state index is 0.751. The molecular weight excluding hydrogens is 404 g/mol. The first-order valence-corrected chi connectivity index (χ1v) is 9.91. The molecule has 0 aliphatic rings. The Hall–Kier alpha value is -2.56. The molecule has 0 atom stereocenters. The summed E-state index contributed by atoms with van der Waals surface area (Å²) in [6.07, 6.45) is 0. The molecule has 5 rings (SSSR count). The van der Waals surface area contributed by atoms with E-state index in [4.69, 9.17) is 9.97 Å². The Morgan fingerprint density at radius 1 is 0.731 bits per heavy atom. The van der Waals surface area contributed by atoms with Crippen molar-refractivity contribution in [3.8, 4) is 22.6 Å². The van der Waals surface area contributed by atoms with Gasteiger partial charge in [-0.1, -0.05) is 76.6 Å². The number of aromatic nitrogens is 2. The lowest BCUT2D eigenvalue weighted by molar-refractivity contribution is 1.24. The van der Waals surface area contributed by atoms with Crippen molar-refractivity contribution in [1.29, 1.82) is 0 Å². The topological polar surface area (TPSA) is 25.8 Å². The number of halogens is 1. The van der Waals surface area contributed by atoms with Crippen LogP contribution in [-0.2, 0) is 0 Å². The van der Waals surface area contributed by atoms with E-state index in [-0.39, 0.29) is 0 Å². The SMILES string of the molecule is Brc1cccc(-c2nc(-c3ccccc3)c3sc4ccccc4c3n2)c1. The first kappa shape index (κ1) is 15.7. The van der Waals surface area contributed by atoms with Gasteiger partial charge in [0.25, 0.3) is 0 Å². The maximum atomic E-state index is 4.96. The van der Waals surface area contributed by atoms with Crippen LogP contribution in [0.4, 0.5) is 0 Å². The number of benzene rings is 3. The van der Waals surface area contributed by atoms with Gasteiger partial charge >= 0.3 is 0 Å². The molecule has 26 heavy (non-hydrogen) atoms. The molecule has 0 aliphatic carbocycles. The molecular formula is C22H13BrN2S. The zero-order chi connectivity index (χ0) is 17.5. The Morgan fingerprint density at radius 3 is 2.35 bits per heavy atom. The quantitative estimate of drug-likeness (QED) is 0.311. The molecule has 0 saturated heterocycles. The van der Waals surface area contributed by atoms with Crippen LogP contribution in [-0.4, -0.2) is 9.97 Å². The van der Waals surface area contributed by atoms with Crippen molar-refractivity contribution in [2.45, 2.75) is 0 Å². The lowest BCUT2D eigenvalue weighted by Gasteiger charge is -2.07. The van der Waals surface area contributed by atoms with Gasteiger partial charge < -0.3 is 0 Å². The number of thiophene rings is 1. The normalized spacial score (nSPS) is 11.3. The third-order valence-corrected chi connectivity index (χ3v) is 6.01. The Morgan fingerprint density at radius 2 is 1.50 bits per heavy atom. The maximum absolute atomic E-state index is 4.96. The van der Waals surface area contributed by atoms with Crippen LogP contribution in [0.1, 0.15) is 0 Å². The van der Waals surface area contributed by atoms with E-state index in [0.717, 1.165) is 37.3 Å². The van der Waals surface area contributed by atoms with Gasteiger partial charge in [0.2, 0.25) is 0 Å². The molecule has 0 saturated carbocycles. The highest BCUT2D eigenvalue weighted by molar-refractivity contribution is 9.10. The summed E-state index contributed by atoms with van der Waals surface area (Å²) < 4.78 is 3.40. The van der Waals surface area contributed by atoms with Crippen LogP contribution in [0.25, 0.3) is 42.9 Å². The molecule has 0 bridgehead atoms. The molecule has 2 nitrogen and oxygen atoms in total. The number of hydrogen-bond acceptors (Lipinski definition) is 3. The van der Waals surface area contributed by atoms with E-state index in [2.05, 4.69) is 76.6 Å². The van der Waals surface area contributed by atoms with Crippen molar-refractivity contribution in [2.75, 3.05) is 0 Å². The second kappa shape index (κ2) is 6.31. The number of hydrogen-bond donors (Lipinski definition) is 0. The van der Waals surface area contributed by atoms with Gasteiger partial charge in [-0.05, 0) is 18.2 Å². The van der Waals surface area contributed by atoms with Crippen LogP contribution >= 0.6 is 27.3 Å². The maximum Gasteiger partial charge on any atom is 0.160 e. The summed E-state index contributed by atoms with van der Waals surface area (Å²) in [6, 6.07) is 26.9. The summed E-state index contributed by atoms with van der Waals surface area (Å²) in [7, 11) is 0. The van der Waals surface area contributed by atoms with Gasteiger partial charge in [-0.25, -0.2) is 9.97 Å². The summed E-state index contributed by atoms with van der Waals surface area (Å²) >= 11 is 5.31. The van der Waals surface area contributed by atoms with E-state index < -0.39 is 0 Å². The number of rotatable bonds is 2. The lowest BCUT2D eigenvalue weighted by Crippen LogP contribution is -1.93. The predicted octanol–water partition coefficient (Wildman–Crippen LogP) is 6.94. The average molecular weight is 417 g/mol. The predicted molar refractivity (Wildman–Crippen MR) is 113 cm³/mol. The van der Waals surface area contributed by atoms with Gasteiger partial charge in [0, 0.05) is 25.7 Å². The standard InChI is InChI=1S/C22H13BrN2S/c23-16-10-6-9-15(13-16)22-24-19(14-7-2-1-3-8-14)21-20(25-22)17-11-4-5-12-18(17)26-21/h1-13H. The number of nitrogens with zero attached hydrogens (tertiary/aromatic N) is 2. The van der Waals surface area contributed by atoms with Gasteiger partial charge in [0.1, 0.15) is 0 Å². The van der Waals surface area contributed by atoms with E-state index in [1.54, 1.807) is 11.3 Å². The van der Waals surface area contributed by atoms with E-state index >= 15 is 0 Å². The van der Waals surface area contributed by atoms with E-state index in [9.17, 15) is 0 Å². The van der Waals surface area contributed by atoms with Gasteiger partial charge in [-0.2, -0.15) is 0 Å². The number of fused-ring (bicyclic) bond motifs is 3. The minimum atomic E-state index is 0.751. The molecule has 2 heterocycles. The van der Waals surface area contributed by atoms with Crippen LogP contribution in [0.2, 0.25) is 0 Å². The summed E-state index contributed by atoms with van der Waals surface area (Å²) in [5.74, 6) is 0.751. The minimum Gasteiger partial charge on any atom is -0.226 e. The molecule has 0 N–H and O–H groups in total. The molecule has 0 aliphatic heterocycles. The fraction of sp³-hybridized carbons (Fsp3) is 0. The molecule has 0 unspecified atom stereocenters. The van der Waals surface area contributed by atoms with Crippen LogP contribution in [0.15, 0.2) is 83.3 Å².